The van der Waals surface area contributed by atoms with Crippen molar-refractivity contribution < 1.29 is 14.3 Å². The molecule has 0 bridgehead atoms. The molecule has 9 heteroatoms. The van der Waals surface area contributed by atoms with Gasteiger partial charge in [0, 0.05) is 24.3 Å². The van der Waals surface area contributed by atoms with Crippen LogP contribution in [0.1, 0.15) is 34.8 Å². The van der Waals surface area contributed by atoms with Crippen molar-refractivity contribution in [2.24, 2.45) is 12.8 Å². The first-order valence-electron chi connectivity index (χ1n) is 8.98. The van der Waals surface area contributed by atoms with Gasteiger partial charge >= 0.3 is 6.03 Å². The lowest BCUT2D eigenvalue weighted by Crippen LogP contribution is -2.38. The fourth-order valence-electron chi connectivity index (χ4n) is 3.06. The van der Waals surface area contributed by atoms with Gasteiger partial charge in [-0.15, -0.1) is 11.3 Å². The number of aryl methyl sites for hydroxylation is 1. The van der Waals surface area contributed by atoms with Crippen molar-refractivity contribution in [2.45, 2.75) is 18.5 Å². The molecule has 8 nitrogen and oxygen atoms in total. The van der Waals surface area contributed by atoms with E-state index >= 15 is 0 Å². The van der Waals surface area contributed by atoms with Gasteiger partial charge in [0.2, 0.25) is 5.91 Å². The smallest absolute Gasteiger partial charge is 0.312 e. The number of hydrogen-bond donors (Lipinski definition) is 3. The molecule has 29 heavy (non-hydrogen) atoms. The number of hydrogen-bond acceptors (Lipinski definition) is 5. The molecule has 0 saturated heterocycles. The topological polar surface area (TPSA) is 111 Å². The summed E-state index contributed by atoms with van der Waals surface area (Å²) < 4.78 is 7.16. The second kappa shape index (κ2) is 9.24. The maximum Gasteiger partial charge on any atom is 0.312 e. The van der Waals surface area contributed by atoms with Gasteiger partial charge in [-0.25, -0.2) is 9.78 Å². The Balaban J connectivity index is 1.84. The first-order chi connectivity index (χ1) is 14.0. The Kier molecular flexibility index (Phi) is 6.50. The van der Waals surface area contributed by atoms with Crippen molar-refractivity contribution in [2.75, 3.05) is 7.11 Å². The van der Waals surface area contributed by atoms with Crippen molar-refractivity contribution in [3.8, 4) is 5.75 Å². The zero-order valence-corrected chi connectivity index (χ0v) is 17.0. The third kappa shape index (κ3) is 5.14. The first kappa shape index (κ1) is 20.4. The number of imidazole rings is 1. The zero-order chi connectivity index (χ0) is 20.8. The van der Waals surface area contributed by atoms with E-state index in [4.69, 9.17) is 10.5 Å². The Labute approximate surface area is 172 Å². The number of methoxy groups -OCH3 is 1. The number of aromatic nitrogens is 2. The number of carbonyl (C=O) groups is 2. The molecular formula is C20H23N5O3S. The van der Waals surface area contributed by atoms with Crippen LogP contribution in [0.2, 0.25) is 0 Å². The average Bonchev–Trinajstić information content (AvgIpc) is 3.37. The highest BCUT2D eigenvalue weighted by Crippen LogP contribution is 2.26. The van der Waals surface area contributed by atoms with Crippen LogP contribution in [0.15, 0.2) is 54.2 Å². The number of thiophene rings is 1. The van der Waals surface area contributed by atoms with Gasteiger partial charge in [0.1, 0.15) is 17.6 Å². The number of amides is 3. The monoisotopic (exact) mass is 413 g/mol. The van der Waals surface area contributed by atoms with E-state index in [1.165, 1.54) is 11.3 Å². The standard InChI is InChI=1S/C20H23N5O3S/c1-25-9-8-22-19(25)18(13-5-3-6-14(11-13)28-2)24-17(26)12-15(23-20(21)27)16-7-4-10-29-16/h3-11,15,18H,12H2,1-2H3,(H,24,26)(H3,21,23,27). The fraction of sp³-hybridized carbons (Fsp3) is 0.250. The summed E-state index contributed by atoms with van der Waals surface area (Å²) in [6.07, 6.45) is 3.55. The third-order valence-corrected chi connectivity index (χ3v) is 5.43. The summed E-state index contributed by atoms with van der Waals surface area (Å²) in [6.45, 7) is 0. The molecule has 0 aliphatic carbocycles. The second-order valence-corrected chi connectivity index (χ2v) is 7.43. The lowest BCUT2D eigenvalue weighted by Gasteiger charge is -2.22. The molecule has 0 fully saturated rings. The van der Waals surface area contributed by atoms with E-state index in [2.05, 4.69) is 15.6 Å². The van der Waals surface area contributed by atoms with E-state index in [0.717, 1.165) is 10.4 Å². The number of ether oxygens (including phenoxy) is 1. The van der Waals surface area contributed by atoms with Gasteiger partial charge in [-0.05, 0) is 29.1 Å². The number of rotatable bonds is 8. The summed E-state index contributed by atoms with van der Waals surface area (Å²) >= 11 is 1.45. The highest BCUT2D eigenvalue weighted by Gasteiger charge is 2.24. The largest absolute Gasteiger partial charge is 0.497 e. The Bertz CT molecular complexity index is 970. The molecule has 2 unspecified atom stereocenters. The van der Waals surface area contributed by atoms with Crippen molar-refractivity contribution in [1.82, 2.24) is 20.2 Å². The molecule has 0 aliphatic rings. The van der Waals surface area contributed by atoms with Crippen LogP contribution in [0, 0.1) is 0 Å². The molecule has 3 amide bonds. The number of carbonyl (C=O) groups excluding carboxylic acids is 2. The van der Waals surface area contributed by atoms with Gasteiger partial charge in [-0.2, -0.15) is 0 Å². The molecular weight excluding hydrogens is 390 g/mol. The third-order valence-electron chi connectivity index (χ3n) is 4.44. The molecule has 0 saturated carbocycles. The Morgan fingerprint density at radius 1 is 1.28 bits per heavy atom. The summed E-state index contributed by atoms with van der Waals surface area (Å²) in [5.74, 6) is 1.12. The predicted molar refractivity (Wildman–Crippen MR) is 111 cm³/mol. The van der Waals surface area contributed by atoms with Crippen LogP contribution in [-0.2, 0) is 11.8 Å². The van der Waals surface area contributed by atoms with Crippen LogP contribution >= 0.6 is 11.3 Å². The lowest BCUT2D eigenvalue weighted by molar-refractivity contribution is -0.122. The van der Waals surface area contributed by atoms with Crippen LogP contribution in [0.5, 0.6) is 5.75 Å². The van der Waals surface area contributed by atoms with Gasteiger partial charge in [0.05, 0.1) is 19.6 Å². The van der Waals surface area contributed by atoms with Crippen LogP contribution < -0.4 is 21.1 Å². The van der Waals surface area contributed by atoms with E-state index in [1.807, 2.05) is 59.6 Å². The normalized spacial score (nSPS) is 12.8. The molecule has 3 rings (SSSR count). The van der Waals surface area contributed by atoms with E-state index in [1.54, 1.807) is 13.3 Å². The molecule has 0 radical (unpaired) electrons. The minimum absolute atomic E-state index is 0.0499. The van der Waals surface area contributed by atoms with Crippen LogP contribution in [-0.4, -0.2) is 28.6 Å². The van der Waals surface area contributed by atoms with Crippen molar-refractivity contribution in [3.63, 3.8) is 0 Å². The predicted octanol–water partition coefficient (Wildman–Crippen LogP) is 2.50. The molecule has 0 spiro atoms. The summed E-state index contributed by atoms with van der Waals surface area (Å²) in [5.41, 5.74) is 6.13. The lowest BCUT2D eigenvalue weighted by atomic mass is 10.0. The average molecular weight is 414 g/mol. The van der Waals surface area contributed by atoms with Crippen molar-refractivity contribution in [3.05, 3.63) is 70.4 Å². The van der Waals surface area contributed by atoms with E-state index in [-0.39, 0.29) is 12.3 Å². The Morgan fingerprint density at radius 2 is 2.10 bits per heavy atom. The molecule has 1 aromatic carbocycles. The molecule has 0 aliphatic heterocycles. The van der Waals surface area contributed by atoms with Gasteiger partial charge in [-0.1, -0.05) is 18.2 Å². The Hall–Kier alpha value is -3.33. The molecule has 2 heterocycles. The summed E-state index contributed by atoms with van der Waals surface area (Å²) in [7, 11) is 3.46. The van der Waals surface area contributed by atoms with Crippen molar-refractivity contribution >= 4 is 23.3 Å². The van der Waals surface area contributed by atoms with Gasteiger partial charge in [-0.3, -0.25) is 4.79 Å². The van der Waals surface area contributed by atoms with Crippen LogP contribution in [0.3, 0.4) is 0 Å². The number of benzene rings is 1. The second-order valence-electron chi connectivity index (χ2n) is 6.45. The van der Waals surface area contributed by atoms with Gasteiger partial charge < -0.3 is 25.7 Å². The summed E-state index contributed by atoms with van der Waals surface area (Å²) in [4.78, 5) is 29.6. The molecule has 2 aromatic heterocycles. The van der Waals surface area contributed by atoms with E-state index in [0.29, 0.717) is 11.6 Å². The number of nitrogens with two attached hydrogens (primary N) is 1. The van der Waals surface area contributed by atoms with E-state index in [9.17, 15) is 9.59 Å². The van der Waals surface area contributed by atoms with Crippen LogP contribution in [0.4, 0.5) is 4.79 Å². The fourth-order valence-corrected chi connectivity index (χ4v) is 3.84. The maximum atomic E-state index is 12.9. The number of primary amides is 1. The number of nitrogens with zero attached hydrogens (tertiary/aromatic N) is 2. The minimum Gasteiger partial charge on any atom is -0.497 e. The SMILES string of the molecule is COc1cccc(C(NC(=O)CC(NC(N)=O)c2cccs2)c2nccn2C)c1. The number of urea groups is 1. The highest BCUT2D eigenvalue weighted by molar-refractivity contribution is 7.10. The van der Waals surface area contributed by atoms with E-state index < -0.39 is 18.1 Å². The molecule has 4 N–H and O–H groups in total. The Morgan fingerprint density at radius 3 is 2.72 bits per heavy atom. The molecule has 152 valence electrons. The summed E-state index contributed by atoms with van der Waals surface area (Å²) in [6, 6.07) is 9.53. The van der Waals surface area contributed by atoms with Crippen LogP contribution in [0.25, 0.3) is 0 Å². The first-order valence-corrected chi connectivity index (χ1v) is 9.85. The maximum absolute atomic E-state index is 12.9. The quantitative estimate of drug-likeness (QED) is 0.527. The molecule has 2 atom stereocenters. The minimum atomic E-state index is -0.676. The highest BCUT2D eigenvalue weighted by atomic mass is 32.1. The molecule has 3 aromatic rings. The van der Waals surface area contributed by atoms with Gasteiger partial charge in [0.25, 0.3) is 0 Å². The van der Waals surface area contributed by atoms with Gasteiger partial charge in [0.15, 0.2) is 0 Å². The number of nitrogens with one attached hydrogen (secondary N) is 2. The zero-order valence-electron chi connectivity index (χ0n) is 16.2. The summed E-state index contributed by atoms with van der Waals surface area (Å²) in [5, 5.41) is 7.55. The van der Waals surface area contributed by atoms with Crippen molar-refractivity contribution in [1.29, 1.82) is 0 Å².